The number of hydrogen-bond donors (Lipinski definition) is 1. The molecule has 0 amide bonds. The molecule has 1 aromatic carbocycles. The molecule has 1 N–H and O–H groups in total. The summed E-state index contributed by atoms with van der Waals surface area (Å²) in [5, 5.41) is 5.23. The van der Waals surface area contributed by atoms with E-state index in [4.69, 9.17) is 0 Å². The molecule has 0 spiro atoms. The first-order valence-corrected chi connectivity index (χ1v) is 5.09. The van der Waals surface area contributed by atoms with Gasteiger partial charge in [0.2, 0.25) is 0 Å². The van der Waals surface area contributed by atoms with Crippen LogP contribution >= 0.6 is 11.3 Å². The topological polar surface area (TPSA) is 42.0 Å². The van der Waals surface area contributed by atoms with Crippen LogP contribution in [0, 0.1) is 5.82 Å². The lowest BCUT2D eigenvalue weighted by Crippen LogP contribution is -1.90. The summed E-state index contributed by atoms with van der Waals surface area (Å²) in [6.07, 6.45) is 0.687. The lowest BCUT2D eigenvalue weighted by atomic mass is 10.3. The first-order chi connectivity index (χ1) is 7.28. The van der Waals surface area contributed by atoms with Gasteiger partial charge >= 0.3 is 0 Å². The molecular weight excluding hydrogens is 215 g/mol. The van der Waals surface area contributed by atoms with Crippen molar-refractivity contribution >= 4 is 28.4 Å². The molecule has 1 aromatic heterocycles. The standard InChI is InChI=1S/C10H7FN2OS/c11-7-1-3-8(4-2-7)12-10-13-9(5-14)6-15-10/h1-6H,(H,12,13). The van der Waals surface area contributed by atoms with Gasteiger partial charge in [0.1, 0.15) is 11.5 Å². The van der Waals surface area contributed by atoms with Crippen LogP contribution in [0.4, 0.5) is 15.2 Å². The molecule has 0 aliphatic heterocycles. The van der Waals surface area contributed by atoms with Gasteiger partial charge in [-0.2, -0.15) is 0 Å². The van der Waals surface area contributed by atoms with E-state index in [0.717, 1.165) is 5.69 Å². The maximum Gasteiger partial charge on any atom is 0.187 e. The fourth-order valence-corrected chi connectivity index (χ4v) is 1.73. The van der Waals surface area contributed by atoms with Gasteiger partial charge in [0.15, 0.2) is 11.4 Å². The number of benzene rings is 1. The Bertz CT molecular complexity index is 467. The summed E-state index contributed by atoms with van der Waals surface area (Å²) in [6.45, 7) is 0. The predicted molar refractivity (Wildman–Crippen MR) is 57.2 cm³/mol. The minimum absolute atomic E-state index is 0.284. The Hall–Kier alpha value is -1.75. The fraction of sp³-hybridized carbons (Fsp3) is 0. The Labute approximate surface area is 89.6 Å². The third-order valence-electron chi connectivity index (χ3n) is 1.74. The number of aromatic nitrogens is 1. The monoisotopic (exact) mass is 222 g/mol. The molecule has 3 nitrogen and oxygen atoms in total. The van der Waals surface area contributed by atoms with Gasteiger partial charge in [-0.3, -0.25) is 4.79 Å². The zero-order valence-electron chi connectivity index (χ0n) is 7.61. The molecule has 0 saturated carbocycles. The maximum atomic E-state index is 12.6. The lowest BCUT2D eigenvalue weighted by Gasteiger charge is -2.00. The van der Waals surface area contributed by atoms with Crippen molar-refractivity contribution in [1.29, 1.82) is 0 Å². The van der Waals surface area contributed by atoms with Crippen molar-refractivity contribution in [2.75, 3.05) is 5.32 Å². The Kier molecular flexibility index (Phi) is 2.73. The van der Waals surface area contributed by atoms with Crippen LogP contribution in [0.15, 0.2) is 29.6 Å². The molecule has 0 fully saturated rings. The van der Waals surface area contributed by atoms with Crippen LogP contribution in [0.25, 0.3) is 0 Å². The number of nitrogens with one attached hydrogen (secondary N) is 1. The zero-order valence-corrected chi connectivity index (χ0v) is 8.42. The Morgan fingerprint density at radius 2 is 2.07 bits per heavy atom. The molecule has 0 radical (unpaired) electrons. The van der Waals surface area contributed by atoms with Crippen LogP contribution in [0.3, 0.4) is 0 Å². The summed E-state index contributed by atoms with van der Waals surface area (Å²) in [4.78, 5) is 14.4. The van der Waals surface area contributed by atoms with Crippen LogP contribution < -0.4 is 5.32 Å². The number of rotatable bonds is 3. The maximum absolute atomic E-state index is 12.6. The van der Waals surface area contributed by atoms with Crippen molar-refractivity contribution in [3.05, 3.63) is 41.2 Å². The van der Waals surface area contributed by atoms with E-state index in [-0.39, 0.29) is 5.82 Å². The van der Waals surface area contributed by atoms with E-state index in [1.807, 2.05) is 0 Å². The Balaban J connectivity index is 2.14. The van der Waals surface area contributed by atoms with Gasteiger partial charge in [0.05, 0.1) is 0 Å². The number of carbonyl (C=O) groups is 1. The summed E-state index contributed by atoms with van der Waals surface area (Å²) in [5.74, 6) is -0.284. The summed E-state index contributed by atoms with van der Waals surface area (Å²) < 4.78 is 12.6. The second kappa shape index (κ2) is 4.18. The summed E-state index contributed by atoms with van der Waals surface area (Å²) >= 11 is 1.33. The predicted octanol–water partition coefficient (Wildman–Crippen LogP) is 2.84. The van der Waals surface area contributed by atoms with Gasteiger partial charge in [0.25, 0.3) is 0 Å². The van der Waals surface area contributed by atoms with Gasteiger partial charge < -0.3 is 5.32 Å². The number of anilines is 2. The third kappa shape index (κ3) is 2.38. The normalized spacial score (nSPS) is 9.93. The van der Waals surface area contributed by atoms with E-state index in [1.165, 1.54) is 23.5 Å². The van der Waals surface area contributed by atoms with Crippen LogP contribution in [-0.2, 0) is 0 Å². The number of hydrogen-bond acceptors (Lipinski definition) is 4. The Morgan fingerprint density at radius 3 is 2.67 bits per heavy atom. The summed E-state index contributed by atoms with van der Waals surface area (Å²) in [5.41, 5.74) is 1.13. The molecule has 0 aliphatic rings. The van der Waals surface area contributed by atoms with Crippen molar-refractivity contribution in [2.24, 2.45) is 0 Å². The average Bonchev–Trinajstić information content (AvgIpc) is 2.69. The molecular formula is C10H7FN2OS. The van der Waals surface area contributed by atoms with E-state index in [1.54, 1.807) is 17.5 Å². The number of aldehydes is 1. The summed E-state index contributed by atoms with van der Waals surface area (Å²) in [7, 11) is 0. The number of halogens is 1. The van der Waals surface area contributed by atoms with Crippen molar-refractivity contribution in [3.8, 4) is 0 Å². The SMILES string of the molecule is O=Cc1csc(Nc2ccc(F)cc2)n1. The molecule has 1 heterocycles. The molecule has 15 heavy (non-hydrogen) atoms. The average molecular weight is 222 g/mol. The molecule has 2 rings (SSSR count). The van der Waals surface area contributed by atoms with Gasteiger partial charge in [-0.1, -0.05) is 0 Å². The number of carbonyl (C=O) groups excluding carboxylic acids is 1. The van der Waals surface area contributed by atoms with Crippen LogP contribution in [0.1, 0.15) is 10.5 Å². The van der Waals surface area contributed by atoms with Gasteiger partial charge in [-0.05, 0) is 24.3 Å². The molecule has 76 valence electrons. The lowest BCUT2D eigenvalue weighted by molar-refractivity contribution is 0.111. The van der Waals surface area contributed by atoms with Crippen molar-refractivity contribution in [3.63, 3.8) is 0 Å². The highest BCUT2D eigenvalue weighted by Crippen LogP contribution is 2.20. The van der Waals surface area contributed by atoms with E-state index in [0.29, 0.717) is 17.1 Å². The highest BCUT2D eigenvalue weighted by Gasteiger charge is 2.00. The summed E-state index contributed by atoms with van der Waals surface area (Å²) in [6, 6.07) is 5.93. The van der Waals surface area contributed by atoms with Crippen LogP contribution in [0.5, 0.6) is 0 Å². The molecule has 0 unspecified atom stereocenters. The first-order valence-electron chi connectivity index (χ1n) is 4.21. The largest absolute Gasteiger partial charge is 0.332 e. The van der Waals surface area contributed by atoms with Crippen molar-refractivity contribution < 1.29 is 9.18 Å². The minimum atomic E-state index is -0.284. The molecule has 5 heteroatoms. The molecule has 0 saturated heterocycles. The van der Waals surface area contributed by atoms with Gasteiger partial charge in [0, 0.05) is 11.1 Å². The molecule has 0 bridgehead atoms. The van der Waals surface area contributed by atoms with E-state index >= 15 is 0 Å². The number of thiazole rings is 1. The quantitative estimate of drug-likeness (QED) is 0.812. The van der Waals surface area contributed by atoms with Gasteiger partial charge in [-0.15, -0.1) is 11.3 Å². The van der Waals surface area contributed by atoms with E-state index < -0.39 is 0 Å². The fourth-order valence-electron chi connectivity index (χ4n) is 1.05. The highest BCUT2D eigenvalue weighted by molar-refractivity contribution is 7.13. The smallest absolute Gasteiger partial charge is 0.187 e. The van der Waals surface area contributed by atoms with Crippen molar-refractivity contribution in [2.45, 2.75) is 0 Å². The molecule has 0 atom stereocenters. The second-order valence-corrected chi connectivity index (χ2v) is 3.69. The second-order valence-electron chi connectivity index (χ2n) is 2.83. The van der Waals surface area contributed by atoms with E-state index in [9.17, 15) is 9.18 Å². The number of nitrogens with zero attached hydrogens (tertiary/aromatic N) is 1. The highest BCUT2D eigenvalue weighted by atomic mass is 32.1. The zero-order chi connectivity index (χ0) is 10.7. The Morgan fingerprint density at radius 1 is 1.33 bits per heavy atom. The van der Waals surface area contributed by atoms with Crippen molar-refractivity contribution in [1.82, 2.24) is 4.98 Å². The van der Waals surface area contributed by atoms with Crippen LogP contribution in [0.2, 0.25) is 0 Å². The third-order valence-corrected chi connectivity index (χ3v) is 2.51. The minimum Gasteiger partial charge on any atom is -0.332 e. The van der Waals surface area contributed by atoms with Crippen LogP contribution in [-0.4, -0.2) is 11.3 Å². The molecule has 0 aliphatic carbocycles. The van der Waals surface area contributed by atoms with Gasteiger partial charge in [-0.25, -0.2) is 9.37 Å². The van der Waals surface area contributed by atoms with E-state index in [2.05, 4.69) is 10.3 Å². The first kappa shape index (κ1) is 9.79. The molecule has 2 aromatic rings.